The van der Waals surface area contributed by atoms with Crippen molar-refractivity contribution in [3.63, 3.8) is 0 Å². The Labute approximate surface area is 123 Å². The number of halogens is 1. The second-order valence-corrected chi connectivity index (χ2v) is 5.78. The van der Waals surface area contributed by atoms with Crippen LogP contribution in [-0.2, 0) is 11.2 Å². The van der Waals surface area contributed by atoms with E-state index >= 15 is 0 Å². The van der Waals surface area contributed by atoms with Crippen LogP contribution in [0.25, 0.3) is 0 Å². The Morgan fingerprint density at radius 2 is 2.05 bits per heavy atom. The van der Waals surface area contributed by atoms with Gasteiger partial charge in [0.15, 0.2) is 17.3 Å². The lowest BCUT2D eigenvalue weighted by molar-refractivity contribution is 0.0528. The number of rotatable bonds is 3. The Morgan fingerprint density at radius 3 is 2.76 bits per heavy atom. The highest BCUT2D eigenvalue weighted by molar-refractivity contribution is 5.67. The van der Waals surface area contributed by atoms with Crippen molar-refractivity contribution >= 4 is 6.09 Å². The van der Waals surface area contributed by atoms with E-state index < -0.39 is 17.5 Å². The summed E-state index contributed by atoms with van der Waals surface area (Å²) in [4.78, 5) is 11.5. The molecule has 1 aliphatic heterocycles. The van der Waals surface area contributed by atoms with Gasteiger partial charge in [0.05, 0.1) is 0 Å². The van der Waals surface area contributed by atoms with Gasteiger partial charge in [0.2, 0.25) is 0 Å². The Morgan fingerprint density at radius 1 is 1.33 bits per heavy atom. The Bertz CT molecular complexity index is 525. The van der Waals surface area contributed by atoms with Crippen LogP contribution in [0, 0.1) is 5.82 Å². The third kappa shape index (κ3) is 4.51. The molecular weight excluding hydrogens is 277 g/mol. The van der Waals surface area contributed by atoms with Gasteiger partial charge >= 0.3 is 6.09 Å². The number of hydrogen-bond donors (Lipinski definition) is 1. The molecule has 1 N–H and O–H groups in total. The summed E-state index contributed by atoms with van der Waals surface area (Å²) in [5.74, 6) is 0.123. The SMILES string of the molecule is CC(C)(C)OC(=O)NCCc1cc(F)c2c(c1)OCCO2. The monoisotopic (exact) mass is 297 g/mol. The summed E-state index contributed by atoms with van der Waals surface area (Å²) in [7, 11) is 0. The van der Waals surface area contributed by atoms with Gasteiger partial charge in [-0.2, -0.15) is 0 Å². The normalized spacial score (nSPS) is 13.7. The van der Waals surface area contributed by atoms with Crippen LogP contribution < -0.4 is 14.8 Å². The maximum absolute atomic E-state index is 13.8. The van der Waals surface area contributed by atoms with Crippen molar-refractivity contribution < 1.29 is 23.4 Å². The first kappa shape index (κ1) is 15.4. The van der Waals surface area contributed by atoms with Crippen molar-refractivity contribution in [2.24, 2.45) is 0 Å². The highest BCUT2D eigenvalue weighted by Gasteiger charge is 2.18. The highest BCUT2D eigenvalue weighted by atomic mass is 19.1. The van der Waals surface area contributed by atoms with E-state index in [1.165, 1.54) is 6.07 Å². The van der Waals surface area contributed by atoms with Gasteiger partial charge < -0.3 is 19.5 Å². The predicted octanol–water partition coefficient (Wildman–Crippen LogP) is 2.66. The molecule has 116 valence electrons. The molecule has 0 fully saturated rings. The Balaban J connectivity index is 1.89. The lowest BCUT2D eigenvalue weighted by Gasteiger charge is -2.20. The van der Waals surface area contributed by atoms with Gasteiger partial charge in [-0.05, 0) is 44.9 Å². The second kappa shape index (κ2) is 6.20. The summed E-state index contributed by atoms with van der Waals surface area (Å²) in [6.07, 6.45) is -0.00666. The Hall–Kier alpha value is -1.98. The summed E-state index contributed by atoms with van der Waals surface area (Å²) in [5, 5.41) is 2.63. The number of alkyl carbamates (subject to hydrolysis) is 1. The van der Waals surface area contributed by atoms with Gasteiger partial charge in [-0.1, -0.05) is 0 Å². The maximum atomic E-state index is 13.8. The number of carbonyl (C=O) groups excluding carboxylic acids is 1. The molecule has 1 amide bonds. The van der Waals surface area contributed by atoms with E-state index in [-0.39, 0.29) is 5.75 Å². The first-order chi connectivity index (χ1) is 9.85. The van der Waals surface area contributed by atoms with Crippen molar-refractivity contribution in [1.82, 2.24) is 5.32 Å². The summed E-state index contributed by atoms with van der Waals surface area (Å²) >= 11 is 0. The van der Waals surface area contributed by atoms with Crippen molar-refractivity contribution in [3.05, 3.63) is 23.5 Å². The van der Waals surface area contributed by atoms with Crippen LogP contribution >= 0.6 is 0 Å². The molecule has 0 aromatic heterocycles. The summed E-state index contributed by atoms with van der Waals surface area (Å²) in [5.41, 5.74) is 0.195. The van der Waals surface area contributed by atoms with Crippen molar-refractivity contribution in [3.8, 4) is 11.5 Å². The summed E-state index contributed by atoms with van der Waals surface area (Å²) in [6.45, 7) is 6.50. The molecule has 6 heteroatoms. The van der Waals surface area contributed by atoms with E-state index in [2.05, 4.69) is 5.32 Å². The van der Waals surface area contributed by atoms with Crippen LogP contribution in [0.15, 0.2) is 12.1 Å². The summed E-state index contributed by atoms with van der Waals surface area (Å²) in [6, 6.07) is 3.12. The molecule has 5 nitrogen and oxygen atoms in total. The molecule has 1 aliphatic rings. The minimum Gasteiger partial charge on any atom is -0.486 e. The lowest BCUT2D eigenvalue weighted by atomic mass is 10.1. The molecule has 0 aliphatic carbocycles. The first-order valence-corrected chi connectivity index (χ1v) is 6.90. The van der Waals surface area contributed by atoms with Crippen molar-refractivity contribution in [2.75, 3.05) is 19.8 Å². The van der Waals surface area contributed by atoms with Crippen LogP contribution in [0.4, 0.5) is 9.18 Å². The number of carbonyl (C=O) groups is 1. The first-order valence-electron chi connectivity index (χ1n) is 6.90. The fourth-order valence-corrected chi connectivity index (χ4v) is 1.93. The molecule has 0 saturated carbocycles. The Kier molecular flexibility index (Phi) is 4.55. The maximum Gasteiger partial charge on any atom is 0.407 e. The third-order valence-electron chi connectivity index (χ3n) is 2.74. The van der Waals surface area contributed by atoms with Gasteiger partial charge in [0.25, 0.3) is 0 Å². The van der Waals surface area contributed by atoms with Crippen LogP contribution in [0.1, 0.15) is 26.3 Å². The van der Waals surface area contributed by atoms with Gasteiger partial charge in [-0.25, -0.2) is 9.18 Å². The predicted molar refractivity (Wildman–Crippen MR) is 75.3 cm³/mol. The van der Waals surface area contributed by atoms with Crippen LogP contribution in [0.2, 0.25) is 0 Å². The average molecular weight is 297 g/mol. The lowest BCUT2D eigenvalue weighted by Crippen LogP contribution is -2.33. The van der Waals surface area contributed by atoms with Gasteiger partial charge in [0, 0.05) is 6.54 Å². The van der Waals surface area contributed by atoms with Crippen molar-refractivity contribution in [2.45, 2.75) is 32.8 Å². The smallest absolute Gasteiger partial charge is 0.407 e. The number of ether oxygens (including phenoxy) is 3. The fraction of sp³-hybridized carbons (Fsp3) is 0.533. The number of amides is 1. The van der Waals surface area contributed by atoms with E-state index in [4.69, 9.17) is 14.2 Å². The minimum atomic E-state index is -0.535. The van der Waals surface area contributed by atoms with E-state index in [0.717, 1.165) is 5.56 Å². The molecule has 1 heterocycles. The number of benzene rings is 1. The zero-order chi connectivity index (χ0) is 15.5. The van der Waals surface area contributed by atoms with E-state index in [9.17, 15) is 9.18 Å². The molecule has 0 atom stereocenters. The summed E-state index contributed by atoms with van der Waals surface area (Å²) < 4.78 is 29.5. The molecule has 0 bridgehead atoms. The molecule has 1 aromatic carbocycles. The standard InChI is InChI=1S/C15H20FNO4/c1-15(2,3)21-14(18)17-5-4-10-8-11(16)13-12(9-10)19-6-7-20-13/h8-9H,4-7H2,1-3H3,(H,17,18). The van der Waals surface area contributed by atoms with E-state index in [0.29, 0.717) is 31.9 Å². The average Bonchev–Trinajstić information content (AvgIpc) is 2.36. The quantitative estimate of drug-likeness (QED) is 0.932. The molecular formula is C15H20FNO4. The third-order valence-corrected chi connectivity index (χ3v) is 2.74. The molecule has 0 radical (unpaired) electrons. The van der Waals surface area contributed by atoms with E-state index in [1.54, 1.807) is 26.8 Å². The van der Waals surface area contributed by atoms with Gasteiger partial charge in [0.1, 0.15) is 18.8 Å². The topological polar surface area (TPSA) is 56.8 Å². The molecule has 0 unspecified atom stereocenters. The van der Waals surface area contributed by atoms with Crippen LogP contribution in [0.5, 0.6) is 11.5 Å². The molecule has 2 rings (SSSR count). The number of hydrogen-bond acceptors (Lipinski definition) is 4. The van der Waals surface area contributed by atoms with E-state index in [1.807, 2.05) is 0 Å². The molecule has 21 heavy (non-hydrogen) atoms. The number of nitrogens with one attached hydrogen (secondary N) is 1. The second-order valence-electron chi connectivity index (χ2n) is 5.78. The molecule has 1 aromatic rings. The zero-order valence-corrected chi connectivity index (χ0v) is 12.5. The molecule has 0 spiro atoms. The molecule has 0 saturated heterocycles. The van der Waals surface area contributed by atoms with Gasteiger partial charge in [-0.15, -0.1) is 0 Å². The largest absolute Gasteiger partial charge is 0.486 e. The van der Waals surface area contributed by atoms with Crippen LogP contribution in [-0.4, -0.2) is 31.5 Å². The fourth-order valence-electron chi connectivity index (χ4n) is 1.93. The number of fused-ring (bicyclic) bond motifs is 1. The highest BCUT2D eigenvalue weighted by Crippen LogP contribution is 2.34. The van der Waals surface area contributed by atoms with Crippen molar-refractivity contribution in [1.29, 1.82) is 0 Å². The van der Waals surface area contributed by atoms with Crippen LogP contribution in [0.3, 0.4) is 0 Å². The zero-order valence-electron chi connectivity index (χ0n) is 12.5. The van der Waals surface area contributed by atoms with Gasteiger partial charge in [-0.3, -0.25) is 0 Å². The minimum absolute atomic E-state index is 0.158.